The van der Waals surface area contributed by atoms with Gasteiger partial charge in [-0.25, -0.2) is 0 Å². The van der Waals surface area contributed by atoms with Gasteiger partial charge in [0.15, 0.2) is 0 Å². The highest BCUT2D eigenvalue weighted by Gasteiger charge is 2.22. The Bertz CT molecular complexity index is 55.8. The van der Waals surface area contributed by atoms with Gasteiger partial charge in [0.1, 0.15) is 5.66 Å². The van der Waals surface area contributed by atoms with Crippen LogP contribution >= 0.6 is 0 Å². The summed E-state index contributed by atoms with van der Waals surface area (Å²) in [5.41, 5.74) is 3.28. The molecule has 0 aliphatic rings. The van der Waals surface area contributed by atoms with Crippen LogP contribution in [0.25, 0.3) is 0 Å². The van der Waals surface area contributed by atoms with Crippen LogP contribution in [-0.2, 0) is 0 Å². The fourth-order valence-electron chi connectivity index (χ4n) is 0.591. The predicted octanol–water partition coefficient (Wildman–Crippen LogP) is 0.460. The third-order valence-corrected chi connectivity index (χ3v) is 1.64. The van der Waals surface area contributed by atoms with Crippen LogP contribution in [0.5, 0.6) is 0 Å². The van der Waals surface area contributed by atoms with Crippen molar-refractivity contribution in [2.24, 2.45) is 0 Å². The van der Waals surface area contributed by atoms with Crippen molar-refractivity contribution in [2.45, 2.75) is 32.4 Å². The van der Waals surface area contributed by atoms with Crippen LogP contribution in [0, 0.1) is 0 Å². The Morgan fingerprint density at radius 1 is 1.11 bits per heavy atom. The molecule has 4 N–H and O–H groups in total. The van der Waals surface area contributed by atoms with Gasteiger partial charge in [0.05, 0.1) is 0 Å². The van der Waals surface area contributed by atoms with E-state index >= 15 is 0 Å². The van der Waals surface area contributed by atoms with E-state index in [0.29, 0.717) is 12.8 Å². The van der Waals surface area contributed by atoms with Crippen LogP contribution in [-0.4, -0.2) is 16.1 Å². The maximum absolute atomic E-state index is 8.50. The number of rotatable bonds is 4. The molecule has 0 atom stereocenters. The van der Waals surface area contributed by atoms with E-state index < -0.39 is 5.66 Å². The predicted molar refractivity (Wildman–Crippen MR) is 33.2 cm³/mol. The lowest BCUT2D eigenvalue weighted by molar-refractivity contribution is -0.0489. The van der Waals surface area contributed by atoms with Gasteiger partial charge in [0, 0.05) is 0 Å². The summed E-state index contributed by atoms with van der Waals surface area (Å²) >= 11 is 0. The van der Waals surface area contributed by atoms with Gasteiger partial charge in [-0.3, -0.25) is 0 Å². The Hall–Kier alpha value is -0.160. The molecule has 4 nitrogen and oxygen atoms in total. The van der Waals surface area contributed by atoms with Gasteiger partial charge in [-0.05, 0) is 12.8 Å². The molecule has 0 radical (unpaired) electrons. The highest BCUT2D eigenvalue weighted by molar-refractivity contribution is 4.73. The first-order valence-electron chi connectivity index (χ1n) is 3.07. The van der Waals surface area contributed by atoms with E-state index in [9.17, 15) is 0 Å². The number of hydrogen-bond acceptors (Lipinski definition) is 4. The van der Waals surface area contributed by atoms with Gasteiger partial charge in [-0.1, -0.05) is 13.8 Å². The fourth-order valence-corrected chi connectivity index (χ4v) is 0.591. The van der Waals surface area contributed by atoms with Crippen molar-refractivity contribution in [3.05, 3.63) is 0 Å². The Morgan fingerprint density at radius 3 is 1.44 bits per heavy atom. The standard InChI is InChI=1S/C5H14N2O2/c1-3-5(4-2,6-8)7-9/h6-9H,3-4H2,1-2H3. The summed E-state index contributed by atoms with van der Waals surface area (Å²) in [6, 6.07) is 0. The van der Waals surface area contributed by atoms with Gasteiger partial charge in [0.25, 0.3) is 0 Å². The average molecular weight is 134 g/mol. The van der Waals surface area contributed by atoms with Crippen molar-refractivity contribution < 1.29 is 10.4 Å². The van der Waals surface area contributed by atoms with Crippen LogP contribution in [0.3, 0.4) is 0 Å². The Morgan fingerprint density at radius 2 is 1.44 bits per heavy atom. The van der Waals surface area contributed by atoms with Crippen molar-refractivity contribution in [2.75, 3.05) is 0 Å². The molecule has 0 bridgehead atoms. The molecule has 0 aromatic rings. The molecular weight excluding hydrogens is 120 g/mol. The topological polar surface area (TPSA) is 64.5 Å². The minimum atomic E-state index is -0.722. The third-order valence-electron chi connectivity index (χ3n) is 1.64. The second-order valence-electron chi connectivity index (χ2n) is 2.01. The summed E-state index contributed by atoms with van der Waals surface area (Å²) in [5, 5.41) is 17.0. The van der Waals surface area contributed by atoms with Gasteiger partial charge >= 0.3 is 0 Å². The lowest BCUT2D eigenvalue weighted by atomic mass is 10.1. The van der Waals surface area contributed by atoms with E-state index in [0.717, 1.165) is 0 Å². The second-order valence-corrected chi connectivity index (χ2v) is 2.01. The molecule has 0 heterocycles. The molecule has 0 aromatic heterocycles. The van der Waals surface area contributed by atoms with E-state index in [1.165, 1.54) is 0 Å². The van der Waals surface area contributed by atoms with Crippen molar-refractivity contribution in [3.8, 4) is 0 Å². The molecule has 0 rings (SSSR count). The molecule has 0 fully saturated rings. The van der Waals surface area contributed by atoms with Crippen molar-refractivity contribution in [3.63, 3.8) is 0 Å². The molecule has 0 aliphatic heterocycles. The van der Waals surface area contributed by atoms with Crippen molar-refractivity contribution in [1.29, 1.82) is 0 Å². The average Bonchev–Trinajstić information content (AvgIpc) is 1.95. The molecule has 56 valence electrons. The molecule has 0 unspecified atom stereocenters. The molecule has 0 spiro atoms. The molecule has 0 saturated carbocycles. The van der Waals surface area contributed by atoms with Crippen LogP contribution in [0.4, 0.5) is 0 Å². The van der Waals surface area contributed by atoms with Gasteiger partial charge in [-0.15, -0.1) is 0 Å². The van der Waals surface area contributed by atoms with Gasteiger partial charge in [0.2, 0.25) is 0 Å². The number of hydroxylamine groups is 2. The lowest BCUT2D eigenvalue weighted by Crippen LogP contribution is -2.53. The Kier molecular flexibility index (Phi) is 3.72. The van der Waals surface area contributed by atoms with Crippen molar-refractivity contribution in [1.82, 2.24) is 11.0 Å². The maximum Gasteiger partial charge on any atom is 0.114 e. The van der Waals surface area contributed by atoms with Crippen LogP contribution in [0.1, 0.15) is 26.7 Å². The SMILES string of the molecule is CCC(CC)(NO)NO. The van der Waals surface area contributed by atoms with E-state index in [4.69, 9.17) is 10.4 Å². The summed E-state index contributed by atoms with van der Waals surface area (Å²) in [5.74, 6) is 0. The Labute approximate surface area is 54.8 Å². The fraction of sp³-hybridized carbons (Fsp3) is 1.00. The summed E-state index contributed by atoms with van der Waals surface area (Å²) < 4.78 is 0. The van der Waals surface area contributed by atoms with Gasteiger partial charge < -0.3 is 10.4 Å². The summed E-state index contributed by atoms with van der Waals surface area (Å²) in [6.45, 7) is 3.71. The van der Waals surface area contributed by atoms with Crippen molar-refractivity contribution >= 4 is 0 Å². The Balaban J connectivity index is 3.82. The van der Waals surface area contributed by atoms with E-state index in [1.807, 2.05) is 24.8 Å². The summed E-state index contributed by atoms with van der Waals surface area (Å²) in [6.07, 6.45) is 1.24. The highest BCUT2D eigenvalue weighted by Crippen LogP contribution is 2.07. The zero-order valence-electron chi connectivity index (χ0n) is 5.81. The molecule has 4 heteroatoms. The van der Waals surface area contributed by atoms with Crippen LogP contribution in [0.15, 0.2) is 0 Å². The summed E-state index contributed by atoms with van der Waals surface area (Å²) in [4.78, 5) is 0. The molecule has 0 aliphatic carbocycles. The number of hydrogen-bond donors (Lipinski definition) is 4. The quantitative estimate of drug-likeness (QED) is 0.333. The molecule has 0 aromatic carbocycles. The molecule has 0 saturated heterocycles. The normalized spacial score (nSPS) is 12.0. The summed E-state index contributed by atoms with van der Waals surface area (Å²) in [7, 11) is 0. The minimum Gasteiger partial charge on any atom is -0.315 e. The monoisotopic (exact) mass is 134 g/mol. The molecular formula is C5H14N2O2. The third kappa shape index (κ3) is 1.91. The minimum absolute atomic E-state index is 0.622. The van der Waals surface area contributed by atoms with E-state index in [-0.39, 0.29) is 0 Å². The van der Waals surface area contributed by atoms with Crippen LogP contribution in [0.2, 0.25) is 0 Å². The largest absolute Gasteiger partial charge is 0.315 e. The van der Waals surface area contributed by atoms with Gasteiger partial charge in [-0.2, -0.15) is 11.0 Å². The first-order chi connectivity index (χ1) is 4.24. The molecule has 9 heavy (non-hydrogen) atoms. The zero-order valence-corrected chi connectivity index (χ0v) is 5.81. The smallest absolute Gasteiger partial charge is 0.114 e. The highest BCUT2D eigenvalue weighted by atomic mass is 16.5. The number of nitrogens with one attached hydrogen (secondary N) is 2. The zero-order chi connectivity index (χ0) is 7.33. The van der Waals surface area contributed by atoms with E-state index in [1.54, 1.807) is 0 Å². The first-order valence-corrected chi connectivity index (χ1v) is 3.07. The first kappa shape index (κ1) is 8.84. The van der Waals surface area contributed by atoms with Crippen LogP contribution < -0.4 is 11.0 Å². The second kappa shape index (κ2) is 3.79. The van der Waals surface area contributed by atoms with E-state index in [2.05, 4.69) is 0 Å². The molecule has 0 amide bonds. The lowest BCUT2D eigenvalue weighted by Gasteiger charge is -2.27. The maximum atomic E-state index is 8.50.